The number of nitrogens with one attached hydrogen (secondary N) is 1. The fraction of sp³-hybridized carbons (Fsp3) is 0.600. The van der Waals surface area contributed by atoms with E-state index in [9.17, 15) is 0 Å². The monoisotopic (exact) mass is 267 g/mol. The van der Waals surface area contributed by atoms with Gasteiger partial charge in [-0.25, -0.2) is 0 Å². The molecule has 1 rings (SSSR count). The molecule has 0 spiro atoms. The second kappa shape index (κ2) is 10.8. The first kappa shape index (κ1) is 16.0. The Morgan fingerprint density at radius 1 is 1.00 bits per heavy atom. The highest BCUT2D eigenvalue weighted by atomic mass is 16.5. The minimum atomic E-state index is 0.673. The summed E-state index contributed by atoms with van der Waals surface area (Å²) in [6.07, 6.45) is 2.19. The Morgan fingerprint density at radius 2 is 1.84 bits per heavy atom. The summed E-state index contributed by atoms with van der Waals surface area (Å²) < 4.78 is 15.6. The fourth-order valence-electron chi connectivity index (χ4n) is 1.77. The molecule has 0 fully saturated rings. The largest absolute Gasteiger partial charge is 0.496 e. The molecule has 1 aromatic carbocycles. The van der Waals surface area contributed by atoms with Crippen LogP contribution in [0, 0.1) is 0 Å². The highest BCUT2D eigenvalue weighted by Gasteiger charge is 2.00. The summed E-state index contributed by atoms with van der Waals surface area (Å²) >= 11 is 0. The van der Waals surface area contributed by atoms with Gasteiger partial charge in [0.25, 0.3) is 0 Å². The van der Waals surface area contributed by atoms with Crippen LogP contribution in [0.5, 0.6) is 5.75 Å². The second-order valence-corrected chi connectivity index (χ2v) is 4.30. The third-order valence-electron chi connectivity index (χ3n) is 2.83. The quantitative estimate of drug-likeness (QED) is 0.624. The first-order valence-corrected chi connectivity index (χ1v) is 6.77. The average molecular weight is 267 g/mol. The number of ether oxygens (including phenoxy) is 3. The first-order chi connectivity index (χ1) is 9.38. The van der Waals surface area contributed by atoms with Crippen molar-refractivity contribution in [1.82, 2.24) is 5.32 Å². The Balaban J connectivity index is 2.01. The Labute approximate surface area is 116 Å². The lowest BCUT2D eigenvalue weighted by Crippen LogP contribution is -2.16. The maximum Gasteiger partial charge on any atom is 0.123 e. The summed E-state index contributed by atoms with van der Waals surface area (Å²) in [6.45, 7) is 4.00. The van der Waals surface area contributed by atoms with Gasteiger partial charge in [0.15, 0.2) is 0 Å². The molecule has 0 bridgehead atoms. The summed E-state index contributed by atoms with van der Waals surface area (Å²) in [7, 11) is 3.39. The topological polar surface area (TPSA) is 39.7 Å². The second-order valence-electron chi connectivity index (χ2n) is 4.30. The molecular weight excluding hydrogens is 242 g/mol. The van der Waals surface area contributed by atoms with E-state index >= 15 is 0 Å². The van der Waals surface area contributed by atoms with Crippen LogP contribution >= 0.6 is 0 Å². The lowest BCUT2D eigenvalue weighted by Gasteiger charge is -2.09. The normalized spacial score (nSPS) is 10.6. The molecule has 0 aliphatic carbocycles. The van der Waals surface area contributed by atoms with Crippen molar-refractivity contribution in [3.8, 4) is 5.75 Å². The molecule has 0 aromatic heterocycles. The van der Waals surface area contributed by atoms with Crippen LogP contribution < -0.4 is 10.1 Å². The van der Waals surface area contributed by atoms with Crippen molar-refractivity contribution < 1.29 is 14.2 Å². The summed E-state index contributed by atoms with van der Waals surface area (Å²) in [6, 6.07) is 8.09. The zero-order chi connectivity index (χ0) is 13.8. The predicted molar refractivity (Wildman–Crippen MR) is 76.6 cm³/mol. The van der Waals surface area contributed by atoms with E-state index in [2.05, 4.69) is 11.4 Å². The first-order valence-electron chi connectivity index (χ1n) is 6.77. The van der Waals surface area contributed by atoms with Gasteiger partial charge in [-0.1, -0.05) is 18.2 Å². The standard InChI is InChI=1S/C15H25NO3/c1-17-11-12-19-10-6-5-9-16-13-14-7-3-4-8-15(14)18-2/h3-4,7-8,16H,5-6,9-13H2,1-2H3. The number of rotatable bonds is 11. The van der Waals surface area contributed by atoms with Gasteiger partial charge in [-0.15, -0.1) is 0 Å². The van der Waals surface area contributed by atoms with Crippen LogP contribution in [0.15, 0.2) is 24.3 Å². The van der Waals surface area contributed by atoms with Crippen molar-refractivity contribution in [2.24, 2.45) is 0 Å². The van der Waals surface area contributed by atoms with Crippen molar-refractivity contribution >= 4 is 0 Å². The maximum atomic E-state index is 5.40. The van der Waals surface area contributed by atoms with Gasteiger partial charge in [0.2, 0.25) is 0 Å². The Kier molecular flexibility index (Phi) is 9.06. The molecular formula is C15H25NO3. The minimum Gasteiger partial charge on any atom is -0.496 e. The molecule has 0 saturated carbocycles. The van der Waals surface area contributed by atoms with E-state index < -0.39 is 0 Å². The van der Waals surface area contributed by atoms with Crippen LogP contribution in [-0.2, 0) is 16.0 Å². The molecule has 0 saturated heterocycles. The Morgan fingerprint density at radius 3 is 2.63 bits per heavy atom. The molecule has 108 valence electrons. The minimum absolute atomic E-state index is 0.673. The number of unbranched alkanes of at least 4 members (excludes halogenated alkanes) is 1. The van der Waals surface area contributed by atoms with Gasteiger partial charge >= 0.3 is 0 Å². The zero-order valence-electron chi connectivity index (χ0n) is 12.0. The van der Waals surface area contributed by atoms with E-state index in [1.165, 1.54) is 5.56 Å². The van der Waals surface area contributed by atoms with Crippen LogP contribution in [0.25, 0.3) is 0 Å². The van der Waals surface area contributed by atoms with Crippen molar-refractivity contribution in [3.05, 3.63) is 29.8 Å². The molecule has 1 N–H and O–H groups in total. The summed E-state index contributed by atoms with van der Waals surface area (Å²) in [5, 5.41) is 3.42. The van der Waals surface area contributed by atoms with Crippen molar-refractivity contribution in [2.45, 2.75) is 19.4 Å². The Hall–Kier alpha value is -1.10. The van der Waals surface area contributed by atoms with Crippen LogP contribution in [0.3, 0.4) is 0 Å². The van der Waals surface area contributed by atoms with E-state index in [0.717, 1.165) is 38.3 Å². The molecule has 19 heavy (non-hydrogen) atoms. The molecule has 0 heterocycles. The number of para-hydroxylation sites is 1. The van der Waals surface area contributed by atoms with Gasteiger partial charge in [0.1, 0.15) is 5.75 Å². The lowest BCUT2D eigenvalue weighted by molar-refractivity contribution is 0.0688. The van der Waals surface area contributed by atoms with Crippen LogP contribution in [0.1, 0.15) is 18.4 Å². The van der Waals surface area contributed by atoms with Crippen molar-refractivity contribution in [1.29, 1.82) is 0 Å². The highest BCUT2D eigenvalue weighted by Crippen LogP contribution is 2.16. The van der Waals surface area contributed by atoms with Crippen molar-refractivity contribution in [2.75, 3.05) is 40.6 Å². The van der Waals surface area contributed by atoms with Crippen molar-refractivity contribution in [3.63, 3.8) is 0 Å². The predicted octanol–water partition coefficient (Wildman–Crippen LogP) is 2.23. The van der Waals surface area contributed by atoms with Gasteiger partial charge in [-0.05, 0) is 25.5 Å². The number of benzene rings is 1. The summed E-state index contributed by atoms with van der Waals surface area (Å²) in [5.74, 6) is 0.942. The zero-order valence-corrected chi connectivity index (χ0v) is 12.0. The number of hydrogen-bond acceptors (Lipinski definition) is 4. The van der Waals surface area contributed by atoms with Crippen LogP contribution in [-0.4, -0.2) is 40.6 Å². The highest BCUT2D eigenvalue weighted by molar-refractivity contribution is 5.32. The molecule has 0 unspecified atom stereocenters. The van der Waals surface area contributed by atoms with E-state index in [-0.39, 0.29) is 0 Å². The van der Waals surface area contributed by atoms with Gasteiger partial charge in [0.05, 0.1) is 20.3 Å². The summed E-state index contributed by atoms with van der Waals surface area (Å²) in [4.78, 5) is 0. The number of hydrogen-bond donors (Lipinski definition) is 1. The van der Waals surface area contributed by atoms with E-state index in [0.29, 0.717) is 13.2 Å². The number of methoxy groups -OCH3 is 2. The maximum absolute atomic E-state index is 5.40. The molecule has 0 aliphatic heterocycles. The molecule has 0 atom stereocenters. The fourth-order valence-corrected chi connectivity index (χ4v) is 1.77. The average Bonchev–Trinajstić information content (AvgIpc) is 2.46. The van der Waals surface area contributed by atoms with Gasteiger partial charge in [-0.2, -0.15) is 0 Å². The van der Waals surface area contributed by atoms with E-state index in [1.807, 2.05) is 18.2 Å². The molecule has 0 amide bonds. The molecule has 1 aromatic rings. The molecule has 4 nitrogen and oxygen atoms in total. The smallest absolute Gasteiger partial charge is 0.123 e. The molecule has 0 radical (unpaired) electrons. The summed E-state index contributed by atoms with van der Waals surface area (Å²) in [5.41, 5.74) is 1.20. The van der Waals surface area contributed by atoms with Gasteiger partial charge < -0.3 is 19.5 Å². The SMILES string of the molecule is COCCOCCCCNCc1ccccc1OC. The van der Waals surface area contributed by atoms with Gasteiger partial charge in [0, 0.05) is 25.8 Å². The van der Waals surface area contributed by atoms with E-state index in [1.54, 1.807) is 14.2 Å². The third-order valence-corrected chi connectivity index (χ3v) is 2.83. The molecule has 0 aliphatic rings. The lowest BCUT2D eigenvalue weighted by atomic mass is 10.2. The van der Waals surface area contributed by atoms with E-state index in [4.69, 9.17) is 14.2 Å². The van der Waals surface area contributed by atoms with Gasteiger partial charge in [-0.3, -0.25) is 0 Å². The Bertz CT molecular complexity index is 331. The van der Waals surface area contributed by atoms with Crippen LogP contribution in [0.2, 0.25) is 0 Å². The molecule has 4 heteroatoms. The third kappa shape index (κ3) is 7.15. The van der Waals surface area contributed by atoms with Crippen LogP contribution in [0.4, 0.5) is 0 Å².